The number of benzene rings is 2. The first-order valence-electron chi connectivity index (χ1n) is 11.4. The molecule has 4 rings (SSSR count). The number of halogens is 1. The third-order valence-electron chi connectivity index (χ3n) is 6.56. The Morgan fingerprint density at radius 3 is 2.51 bits per heavy atom. The molecule has 0 saturated carbocycles. The number of sulfonamides is 1. The van der Waals surface area contributed by atoms with E-state index in [1.165, 1.54) is 11.3 Å². The molecular weight excluding hydrogens is 506 g/mol. The predicted octanol–water partition coefficient (Wildman–Crippen LogP) is 3.91. The molecule has 1 aliphatic heterocycles. The molecule has 0 spiro atoms. The minimum atomic E-state index is -3.64. The molecule has 35 heavy (non-hydrogen) atoms. The van der Waals surface area contributed by atoms with E-state index >= 15 is 0 Å². The number of amides is 2. The highest BCUT2D eigenvalue weighted by Gasteiger charge is 2.51. The lowest BCUT2D eigenvalue weighted by molar-refractivity contribution is -0.149. The van der Waals surface area contributed by atoms with Gasteiger partial charge in [-0.05, 0) is 49.9 Å². The van der Waals surface area contributed by atoms with Crippen LogP contribution >= 0.6 is 22.9 Å². The number of nitrogens with two attached hydrogens (primary N) is 1. The summed E-state index contributed by atoms with van der Waals surface area (Å²) < 4.78 is 23.9. The lowest BCUT2D eigenvalue weighted by Gasteiger charge is -2.51. The first-order valence-corrected chi connectivity index (χ1v) is 14.4. The van der Waals surface area contributed by atoms with Crippen LogP contribution in [0.5, 0.6) is 0 Å². The van der Waals surface area contributed by atoms with Gasteiger partial charge >= 0.3 is 0 Å². The summed E-state index contributed by atoms with van der Waals surface area (Å²) in [6, 6.07) is 15.1. The molecule has 10 heteroatoms. The van der Waals surface area contributed by atoms with Gasteiger partial charge in [0.25, 0.3) is 5.91 Å². The molecule has 1 saturated heterocycles. The van der Waals surface area contributed by atoms with Crippen LogP contribution in [-0.4, -0.2) is 61.0 Å². The molecule has 0 unspecified atom stereocenters. The summed E-state index contributed by atoms with van der Waals surface area (Å²) in [4.78, 5) is 30.5. The Balaban J connectivity index is 1.52. The van der Waals surface area contributed by atoms with E-state index in [0.717, 1.165) is 15.6 Å². The van der Waals surface area contributed by atoms with Crippen LogP contribution in [-0.2, 0) is 21.2 Å². The SMILES string of the molecule is C[C@@]1(C(=O)N(CCCS(N)(=O)=O)CCc2ccc(Cl)cc2)CCN1C(=O)c1csc2ccccc12. The smallest absolute Gasteiger partial charge is 0.256 e. The Morgan fingerprint density at radius 1 is 1.14 bits per heavy atom. The minimum Gasteiger partial charge on any atom is -0.340 e. The number of rotatable bonds is 9. The van der Waals surface area contributed by atoms with Gasteiger partial charge in [0.15, 0.2) is 0 Å². The molecule has 0 bridgehead atoms. The normalized spacial score (nSPS) is 17.9. The second kappa shape index (κ2) is 10.3. The van der Waals surface area contributed by atoms with Gasteiger partial charge in [0.2, 0.25) is 15.9 Å². The summed E-state index contributed by atoms with van der Waals surface area (Å²) in [7, 11) is -3.64. The third kappa shape index (κ3) is 5.69. The van der Waals surface area contributed by atoms with Gasteiger partial charge in [0.1, 0.15) is 5.54 Å². The van der Waals surface area contributed by atoms with E-state index in [1.807, 2.05) is 41.8 Å². The van der Waals surface area contributed by atoms with Crippen molar-refractivity contribution in [2.45, 2.75) is 31.7 Å². The summed E-state index contributed by atoms with van der Waals surface area (Å²) in [6.45, 7) is 2.92. The van der Waals surface area contributed by atoms with Crippen LogP contribution in [0.4, 0.5) is 0 Å². The second-order valence-corrected chi connectivity index (χ2v) is 12.1. The maximum atomic E-state index is 13.8. The van der Waals surface area contributed by atoms with Crippen molar-refractivity contribution >= 4 is 54.9 Å². The molecule has 0 radical (unpaired) electrons. The fraction of sp³-hybridized carbons (Fsp3) is 0.360. The number of hydrogen-bond acceptors (Lipinski definition) is 5. The number of carbonyl (C=O) groups is 2. The van der Waals surface area contributed by atoms with E-state index < -0.39 is 15.6 Å². The molecular formula is C25H28ClN3O4S2. The molecule has 2 N–H and O–H groups in total. The molecule has 2 amide bonds. The number of carbonyl (C=O) groups excluding carboxylic acids is 2. The van der Waals surface area contributed by atoms with Crippen LogP contribution in [0.15, 0.2) is 53.9 Å². The molecule has 0 aliphatic carbocycles. The van der Waals surface area contributed by atoms with Crippen molar-refractivity contribution in [1.29, 1.82) is 0 Å². The van der Waals surface area contributed by atoms with Crippen molar-refractivity contribution in [2.75, 3.05) is 25.4 Å². The van der Waals surface area contributed by atoms with Crippen LogP contribution in [0.25, 0.3) is 10.1 Å². The Hall–Kier alpha value is -2.46. The van der Waals surface area contributed by atoms with Crippen molar-refractivity contribution in [2.24, 2.45) is 5.14 Å². The third-order valence-corrected chi connectivity index (χ3v) is 8.64. The van der Waals surface area contributed by atoms with E-state index in [2.05, 4.69) is 0 Å². The summed E-state index contributed by atoms with van der Waals surface area (Å²) in [6.07, 6.45) is 1.36. The number of likely N-dealkylation sites (tertiary alicyclic amines) is 1. The lowest BCUT2D eigenvalue weighted by Crippen LogP contribution is -2.68. The topological polar surface area (TPSA) is 101 Å². The molecule has 2 heterocycles. The summed E-state index contributed by atoms with van der Waals surface area (Å²) in [5, 5.41) is 8.53. The van der Waals surface area contributed by atoms with Gasteiger partial charge < -0.3 is 9.80 Å². The van der Waals surface area contributed by atoms with E-state index in [-0.39, 0.29) is 30.5 Å². The molecule has 186 valence electrons. The van der Waals surface area contributed by atoms with Crippen molar-refractivity contribution in [1.82, 2.24) is 9.80 Å². The Morgan fingerprint density at radius 2 is 1.86 bits per heavy atom. The standard InChI is InChI=1S/C25H28ClN3O4S2/c1-25(12-15-29(25)23(30)21-17-34-22-6-3-2-5-20(21)22)24(31)28(13-4-16-35(27,32)33)14-11-18-7-9-19(26)10-8-18/h2-3,5-10,17H,4,11-16H2,1H3,(H2,27,32,33)/t25-/m0/s1. The zero-order chi connectivity index (χ0) is 25.2. The maximum absolute atomic E-state index is 13.8. The zero-order valence-electron chi connectivity index (χ0n) is 19.4. The van der Waals surface area contributed by atoms with Crippen LogP contribution in [0, 0.1) is 0 Å². The fourth-order valence-electron chi connectivity index (χ4n) is 4.42. The van der Waals surface area contributed by atoms with Crippen LogP contribution in [0.1, 0.15) is 35.7 Å². The average molecular weight is 534 g/mol. The van der Waals surface area contributed by atoms with Gasteiger partial charge in [0, 0.05) is 40.1 Å². The molecule has 2 aromatic carbocycles. The highest BCUT2D eigenvalue weighted by atomic mass is 35.5. The average Bonchev–Trinajstić information content (AvgIpc) is 3.24. The summed E-state index contributed by atoms with van der Waals surface area (Å²) in [5.41, 5.74) is 0.628. The summed E-state index contributed by atoms with van der Waals surface area (Å²) in [5.74, 6) is -0.551. The number of thiophene rings is 1. The summed E-state index contributed by atoms with van der Waals surface area (Å²) >= 11 is 7.48. The van der Waals surface area contributed by atoms with Gasteiger partial charge in [0.05, 0.1) is 11.3 Å². The van der Waals surface area contributed by atoms with E-state index in [4.69, 9.17) is 16.7 Å². The number of hydrogen-bond donors (Lipinski definition) is 1. The second-order valence-electron chi connectivity index (χ2n) is 9.02. The molecule has 3 aromatic rings. The molecule has 1 aromatic heterocycles. The van der Waals surface area contributed by atoms with Crippen LogP contribution in [0.3, 0.4) is 0 Å². The predicted molar refractivity (Wildman–Crippen MR) is 140 cm³/mol. The van der Waals surface area contributed by atoms with Crippen LogP contribution < -0.4 is 5.14 Å². The number of nitrogens with zero attached hydrogens (tertiary/aromatic N) is 2. The first-order chi connectivity index (χ1) is 16.6. The van der Waals surface area contributed by atoms with E-state index in [1.54, 1.807) is 28.9 Å². The molecule has 7 nitrogen and oxygen atoms in total. The van der Waals surface area contributed by atoms with Crippen LogP contribution in [0.2, 0.25) is 5.02 Å². The van der Waals surface area contributed by atoms with Crippen molar-refractivity contribution in [3.63, 3.8) is 0 Å². The zero-order valence-corrected chi connectivity index (χ0v) is 21.8. The first kappa shape index (κ1) is 25.6. The van der Waals surface area contributed by atoms with Gasteiger partial charge in [-0.15, -0.1) is 11.3 Å². The Labute approximate surface area is 214 Å². The minimum absolute atomic E-state index is 0.160. The lowest BCUT2D eigenvalue weighted by atomic mass is 9.84. The Kier molecular flexibility index (Phi) is 7.51. The highest BCUT2D eigenvalue weighted by molar-refractivity contribution is 7.89. The van der Waals surface area contributed by atoms with E-state index in [9.17, 15) is 18.0 Å². The molecule has 1 aliphatic rings. The maximum Gasteiger partial charge on any atom is 0.256 e. The molecule has 1 atom stereocenters. The van der Waals surface area contributed by atoms with Crippen molar-refractivity contribution in [3.05, 3.63) is 70.1 Å². The van der Waals surface area contributed by atoms with E-state index in [0.29, 0.717) is 36.5 Å². The van der Waals surface area contributed by atoms with Crippen molar-refractivity contribution in [3.8, 4) is 0 Å². The Bertz CT molecular complexity index is 1340. The van der Waals surface area contributed by atoms with Gasteiger partial charge in [-0.2, -0.15) is 0 Å². The highest BCUT2D eigenvalue weighted by Crippen LogP contribution is 2.36. The number of primary sulfonamides is 1. The molecule has 1 fully saturated rings. The quantitative estimate of drug-likeness (QED) is 0.450. The van der Waals surface area contributed by atoms with Crippen molar-refractivity contribution < 1.29 is 18.0 Å². The van der Waals surface area contributed by atoms with Gasteiger partial charge in [-0.25, -0.2) is 13.6 Å². The fourth-order valence-corrected chi connectivity index (χ4v) is 6.02. The monoisotopic (exact) mass is 533 g/mol. The largest absolute Gasteiger partial charge is 0.340 e. The number of fused-ring (bicyclic) bond motifs is 1. The van der Waals surface area contributed by atoms with Gasteiger partial charge in [-0.1, -0.05) is 41.9 Å². The van der Waals surface area contributed by atoms with Gasteiger partial charge in [-0.3, -0.25) is 9.59 Å².